The zero-order chi connectivity index (χ0) is 20.2. The number of carbonyl (C=O) groups is 2. The van der Waals surface area contributed by atoms with Gasteiger partial charge in [-0.05, 0) is 42.0 Å². The number of fused-ring (bicyclic) bond motifs is 2. The minimum absolute atomic E-state index is 0.0297. The van der Waals surface area contributed by atoms with Gasteiger partial charge in [0.2, 0.25) is 11.8 Å². The second-order valence-electron chi connectivity index (χ2n) is 7.02. The molecule has 4 rings (SSSR count). The molecule has 2 amide bonds. The van der Waals surface area contributed by atoms with Crippen LogP contribution in [0.25, 0.3) is 10.2 Å². The van der Waals surface area contributed by atoms with Crippen LogP contribution in [0.15, 0.2) is 40.1 Å². The fourth-order valence-electron chi connectivity index (χ4n) is 3.48. The van der Waals surface area contributed by atoms with Gasteiger partial charge < -0.3 is 10.2 Å². The summed E-state index contributed by atoms with van der Waals surface area (Å²) in [7, 11) is 0. The molecular weight excluding hydrogens is 422 g/mol. The van der Waals surface area contributed by atoms with Gasteiger partial charge in [0.05, 0.1) is 16.0 Å². The SMILES string of the molecule is CCCC(NC(=O)CSc1nc2ccccc2s1)C(=O)N1CCc2sccc2C1. The van der Waals surface area contributed by atoms with E-state index in [0.717, 1.165) is 33.9 Å². The summed E-state index contributed by atoms with van der Waals surface area (Å²) in [5.41, 5.74) is 2.19. The zero-order valence-electron chi connectivity index (χ0n) is 16.2. The molecule has 5 nitrogen and oxygen atoms in total. The Morgan fingerprint density at radius 1 is 1.31 bits per heavy atom. The molecule has 1 aliphatic rings. The largest absolute Gasteiger partial charge is 0.344 e. The Bertz CT molecular complexity index is 980. The number of amides is 2. The Hall–Kier alpha value is -1.90. The van der Waals surface area contributed by atoms with Gasteiger partial charge in [0.15, 0.2) is 4.34 Å². The minimum Gasteiger partial charge on any atom is -0.344 e. The van der Waals surface area contributed by atoms with Crippen LogP contribution in [0.1, 0.15) is 30.2 Å². The summed E-state index contributed by atoms with van der Waals surface area (Å²) < 4.78 is 1.99. The molecule has 152 valence electrons. The van der Waals surface area contributed by atoms with Gasteiger partial charge in [-0.25, -0.2) is 4.98 Å². The van der Waals surface area contributed by atoms with Crippen LogP contribution >= 0.6 is 34.4 Å². The second-order valence-corrected chi connectivity index (χ2v) is 10.3. The summed E-state index contributed by atoms with van der Waals surface area (Å²) in [4.78, 5) is 33.4. The Kier molecular flexibility index (Phi) is 6.52. The normalized spacial score (nSPS) is 14.6. The number of carbonyl (C=O) groups excluding carboxylic acids is 2. The van der Waals surface area contributed by atoms with Crippen LogP contribution in [-0.4, -0.2) is 40.0 Å². The molecule has 1 atom stereocenters. The molecule has 29 heavy (non-hydrogen) atoms. The van der Waals surface area contributed by atoms with Crippen molar-refractivity contribution in [3.63, 3.8) is 0 Å². The van der Waals surface area contributed by atoms with E-state index in [1.807, 2.05) is 36.1 Å². The molecule has 0 radical (unpaired) electrons. The molecule has 0 aliphatic carbocycles. The molecule has 1 aliphatic heterocycles. The van der Waals surface area contributed by atoms with Gasteiger partial charge in [-0.1, -0.05) is 37.2 Å². The van der Waals surface area contributed by atoms with Crippen molar-refractivity contribution >= 4 is 56.5 Å². The third-order valence-corrected chi connectivity index (χ3v) is 8.13. The highest BCUT2D eigenvalue weighted by Gasteiger charge is 2.28. The molecule has 0 saturated heterocycles. The van der Waals surface area contributed by atoms with Gasteiger partial charge in [-0.15, -0.1) is 22.7 Å². The summed E-state index contributed by atoms with van der Waals surface area (Å²) in [5, 5.41) is 5.05. The third-order valence-electron chi connectivity index (χ3n) is 4.93. The average Bonchev–Trinajstić information content (AvgIpc) is 3.37. The maximum Gasteiger partial charge on any atom is 0.245 e. The van der Waals surface area contributed by atoms with E-state index < -0.39 is 6.04 Å². The van der Waals surface area contributed by atoms with Crippen LogP contribution < -0.4 is 5.32 Å². The standard InChI is InChI=1S/C21H23N3O2S3/c1-2-5-16(20(26)24-10-8-17-14(12-24)9-11-27-17)22-19(25)13-28-21-23-15-6-3-4-7-18(15)29-21/h3-4,6-7,9,11,16H,2,5,8,10,12-13H2,1H3,(H,22,25). The van der Waals surface area contributed by atoms with E-state index in [1.165, 1.54) is 22.2 Å². The van der Waals surface area contributed by atoms with Crippen molar-refractivity contribution in [3.05, 3.63) is 46.2 Å². The molecule has 3 aromatic rings. The number of benzene rings is 1. The summed E-state index contributed by atoms with van der Waals surface area (Å²) in [6, 6.07) is 9.60. The van der Waals surface area contributed by atoms with E-state index in [0.29, 0.717) is 13.0 Å². The van der Waals surface area contributed by atoms with Crippen LogP contribution in [-0.2, 0) is 22.6 Å². The van der Waals surface area contributed by atoms with Crippen molar-refractivity contribution in [1.82, 2.24) is 15.2 Å². The molecule has 2 aromatic heterocycles. The highest BCUT2D eigenvalue weighted by Crippen LogP contribution is 2.29. The predicted octanol–water partition coefficient (Wildman–Crippen LogP) is 4.32. The first-order valence-corrected chi connectivity index (χ1v) is 12.4. The number of hydrogen-bond donors (Lipinski definition) is 1. The predicted molar refractivity (Wildman–Crippen MR) is 121 cm³/mol. The summed E-state index contributed by atoms with van der Waals surface area (Å²) >= 11 is 4.77. The van der Waals surface area contributed by atoms with Crippen LogP contribution in [0, 0.1) is 0 Å². The monoisotopic (exact) mass is 445 g/mol. The first-order valence-electron chi connectivity index (χ1n) is 9.76. The molecule has 0 saturated carbocycles. The Balaban J connectivity index is 1.34. The van der Waals surface area contributed by atoms with E-state index in [2.05, 4.69) is 21.7 Å². The number of hydrogen-bond acceptors (Lipinski definition) is 6. The van der Waals surface area contributed by atoms with Crippen molar-refractivity contribution in [1.29, 1.82) is 0 Å². The van der Waals surface area contributed by atoms with E-state index in [9.17, 15) is 9.59 Å². The number of aromatic nitrogens is 1. The van der Waals surface area contributed by atoms with Crippen molar-refractivity contribution in [3.8, 4) is 0 Å². The smallest absolute Gasteiger partial charge is 0.245 e. The van der Waals surface area contributed by atoms with Crippen molar-refractivity contribution in [2.75, 3.05) is 12.3 Å². The van der Waals surface area contributed by atoms with Gasteiger partial charge in [-0.2, -0.15) is 0 Å². The lowest BCUT2D eigenvalue weighted by atomic mass is 10.1. The second kappa shape index (κ2) is 9.28. The number of nitrogens with one attached hydrogen (secondary N) is 1. The first-order chi connectivity index (χ1) is 14.1. The topological polar surface area (TPSA) is 62.3 Å². The van der Waals surface area contributed by atoms with Crippen molar-refractivity contribution in [2.24, 2.45) is 0 Å². The number of thiophene rings is 1. The minimum atomic E-state index is -0.455. The number of thiazole rings is 1. The molecule has 3 heterocycles. The fourth-order valence-corrected chi connectivity index (χ4v) is 6.25. The number of nitrogens with zero attached hydrogens (tertiary/aromatic N) is 2. The summed E-state index contributed by atoms with van der Waals surface area (Å²) in [5.74, 6) is 0.179. The van der Waals surface area contributed by atoms with Gasteiger partial charge in [0, 0.05) is 18.0 Å². The molecule has 0 fully saturated rings. The van der Waals surface area contributed by atoms with Crippen molar-refractivity contribution in [2.45, 2.75) is 43.1 Å². The van der Waals surface area contributed by atoms with Crippen molar-refractivity contribution < 1.29 is 9.59 Å². The van der Waals surface area contributed by atoms with E-state index in [4.69, 9.17) is 0 Å². The summed E-state index contributed by atoms with van der Waals surface area (Å²) in [6.07, 6.45) is 2.40. The lowest BCUT2D eigenvalue weighted by molar-refractivity contribution is -0.137. The molecule has 1 N–H and O–H groups in total. The highest BCUT2D eigenvalue weighted by molar-refractivity contribution is 8.01. The molecular formula is C21H23N3O2S3. The molecule has 1 unspecified atom stereocenters. The molecule has 0 spiro atoms. The number of para-hydroxylation sites is 1. The average molecular weight is 446 g/mol. The highest BCUT2D eigenvalue weighted by atomic mass is 32.2. The van der Waals surface area contributed by atoms with Gasteiger partial charge in [0.25, 0.3) is 0 Å². The zero-order valence-corrected chi connectivity index (χ0v) is 18.7. The van der Waals surface area contributed by atoms with Crippen LogP contribution in [0.2, 0.25) is 0 Å². The number of rotatable bonds is 7. The lowest BCUT2D eigenvalue weighted by Crippen LogP contribution is -2.50. The quantitative estimate of drug-likeness (QED) is 0.550. The van der Waals surface area contributed by atoms with Crippen LogP contribution in [0.4, 0.5) is 0 Å². The maximum absolute atomic E-state index is 13.0. The van der Waals surface area contributed by atoms with E-state index >= 15 is 0 Å². The summed E-state index contributed by atoms with van der Waals surface area (Å²) in [6.45, 7) is 3.41. The van der Waals surface area contributed by atoms with E-state index in [1.54, 1.807) is 22.7 Å². The molecule has 8 heteroatoms. The first kappa shape index (κ1) is 20.4. The van der Waals surface area contributed by atoms with Crippen LogP contribution in [0.5, 0.6) is 0 Å². The Morgan fingerprint density at radius 3 is 3.00 bits per heavy atom. The van der Waals surface area contributed by atoms with Gasteiger partial charge >= 0.3 is 0 Å². The Labute approximate surface area is 182 Å². The van der Waals surface area contributed by atoms with Gasteiger partial charge in [-0.3, -0.25) is 9.59 Å². The Morgan fingerprint density at radius 2 is 2.17 bits per heavy atom. The molecule has 0 bridgehead atoms. The maximum atomic E-state index is 13.0. The molecule has 1 aromatic carbocycles. The lowest BCUT2D eigenvalue weighted by Gasteiger charge is -2.30. The number of thioether (sulfide) groups is 1. The fraction of sp³-hybridized carbons (Fsp3) is 0.381. The van der Waals surface area contributed by atoms with E-state index in [-0.39, 0.29) is 17.6 Å². The third kappa shape index (κ3) is 4.82. The van der Waals surface area contributed by atoms with Crippen LogP contribution in [0.3, 0.4) is 0 Å². The van der Waals surface area contributed by atoms with Gasteiger partial charge in [0.1, 0.15) is 6.04 Å².